The Balaban J connectivity index is 1.98. The first kappa shape index (κ1) is 19.1. The molecule has 26 heavy (non-hydrogen) atoms. The first-order valence-corrected chi connectivity index (χ1v) is 10.7. The third-order valence-corrected chi connectivity index (χ3v) is 5.53. The van der Waals surface area contributed by atoms with E-state index in [1.165, 1.54) is 4.90 Å². The van der Waals surface area contributed by atoms with Gasteiger partial charge in [0, 0.05) is 21.8 Å². The van der Waals surface area contributed by atoms with E-state index in [0.717, 1.165) is 22.6 Å². The van der Waals surface area contributed by atoms with Crippen molar-refractivity contribution in [2.45, 2.75) is 41.7 Å². The summed E-state index contributed by atoms with van der Waals surface area (Å²) in [5.41, 5.74) is 5.71. The van der Waals surface area contributed by atoms with Crippen molar-refractivity contribution in [2.24, 2.45) is 0 Å². The minimum atomic E-state index is -1.20. The van der Waals surface area contributed by atoms with Crippen molar-refractivity contribution in [3.8, 4) is 5.75 Å². The highest BCUT2D eigenvalue weighted by Crippen LogP contribution is 2.42. The molecule has 0 amide bonds. The van der Waals surface area contributed by atoms with E-state index in [1.807, 2.05) is 0 Å². The summed E-state index contributed by atoms with van der Waals surface area (Å²) < 4.78 is 5.89. The molecule has 3 rings (SSSR count). The molecule has 0 radical (unpaired) electrons. The topological polar surface area (TPSA) is 106 Å². The molecule has 0 saturated carbocycles. The monoisotopic (exact) mass is 393 g/mol. The van der Waals surface area contributed by atoms with Gasteiger partial charge in [0.2, 0.25) is 11.9 Å². The molecule has 0 saturated heterocycles. The molecule has 0 spiro atoms. The van der Waals surface area contributed by atoms with Crippen molar-refractivity contribution in [2.75, 3.05) is 30.2 Å². The number of nitrogens with one attached hydrogen (secondary N) is 1. The van der Waals surface area contributed by atoms with Crippen LogP contribution < -0.4 is 15.8 Å². The summed E-state index contributed by atoms with van der Waals surface area (Å²) in [5, 5.41) is 13.5. The van der Waals surface area contributed by atoms with Gasteiger partial charge in [0.05, 0.1) is 12.6 Å². The molecule has 1 aliphatic rings. The zero-order chi connectivity index (χ0) is 18.9. The van der Waals surface area contributed by atoms with Crippen LogP contribution >= 0.6 is 23.5 Å². The minimum Gasteiger partial charge on any atom is -0.493 e. The normalized spacial score (nSPS) is 16.7. The Kier molecular flexibility index (Phi) is 5.50. The zero-order valence-electron chi connectivity index (χ0n) is 15.2. The molecule has 0 fully saturated rings. The zero-order valence-corrected chi connectivity index (χ0v) is 16.9. The average molecular weight is 394 g/mol. The molecule has 1 aromatic heterocycles. The lowest BCUT2D eigenvalue weighted by Crippen LogP contribution is -2.25. The number of rotatable bonds is 5. The van der Waals surface area contributed by atoms with Crippen molar-refractivity contribution >= 4 is 35.4 Å². The van der Waals surface area contributed by atoms with Crippen molar-refractivity contribution < 1.29 is 9.84 Å². The van der Waals surface area contributed by atoms with Crippen molar-refractivity contribution in [3.05, 3.63) is 23.5 Å². The van der Waals surface area contributed by atoms with Gasteiger partial charge in [0.25, 0.3) is 0 Å². The number of nitrogens with zero attached hydrogens (tertiary/aromatic N) is 3. The van der Waals surface area contributed by atoms with Gasteiger partial charge >= 0.3 is 0 Å². The van der Waals surface area contributed by atoms with Crippen molar-refractivity contribution in [1.29, 1.82) is 0 Å². The van der Waals surface area contributed by atoms with E-state index in [0.29, 0.717) is 12.6 Å². The second-order valence-electron chi connectivity index (χ2n) is 6.48. The second kappa shape index (κ2) is 7.50. The molecular weight excluding hydrogens is 370 g/mol. The third kappa shape index (κ3) is 3.99. The van der Waals surface area contributed by atoms with Gasteiger partial charge in [-0.15, -0.1) is 23.5 Å². The van der Waals surface area contributed by atoms with Gasteiger partial charge in [0.1, 0.15) is 11.4 Å². The van der Waals surface area contributed by atoms with Crippen LogP contribution in [-0.2, 0) is 5.60 Å². The SMILES string of the molecule is CSc1cc2c(c(SC)c1)C(Nc1nc(N)nc(C(C)(C)O)n1)CCO2. The van der Waals surface area contributed by atoms with Gasteiger partial charge in [-0.25, -0.2) is 0 Å². The fraction of sp³-hybridized carbons (Fsp3) is 0.471. The van der Waals surface area contributed by atoms with E-state index >= 15 is 0 Å². The molecule has 1 aliphatic heterocycles. The first-order valence-electron chi connectivity index (χ1n) is 8.21. The van der Waals surface area contributed by atoms with E-state index < -0.39 is 5.60 Å². The molecule has 140 valence electrons. The summed E-state index contributed by atoms with van der Waals surface area (Å²) in [5.74, 6) is 1.56. The lowest BCUT2D eigenvalue weighted by molar-refractivity contribution is 0.0687. The van der Waals surface area contributed by atoms with E-state index in [4.69, 9.17) is 10.5 Å². The number of hydrogen-bond donors (Lipinski definition) is 3. The van der Waals surface area contributed by atoms with Gasteiger partial charge in [-0.05, 0) is 38.5 Å². The number of aromatic nitrogens is 3. The van der Waals surface area contributed by atoms with Crippen LogP contribution in [0.5, 0.6) is 5.75 Å². The molecule has 2 aromatic rings. The highest BCUT2D eigenvalue weighted by atomic mass is 32.2. The molecule has 1 atom stereocenters. The Bertz CT molecular complexity index is 793. The Hall–Kier alpha value is -1.71. The van der Waals surface area contributed by atoms with E-state index in [9.17, 15) is 5.11 Å². The number of hydrogen-bond acceptors (Lipinski definition) is 9. The van der Waals surface area contributed by atoms with E-state index in [-0.39, 0.29) is 17.8 Å². The lowest BCUT2D eigenvalue weighted by Gasteiger charge is -2.29. The van der Waals surface area contributed by atoms with Crippen LogP contribution in [0.3, 0.4) is 0 Å². The first-order chi connectivity index (χ1) is 12.3. The fourth-order valence-corrected chi connectivity index (χ4v) is 4.03. The quantitative estimate of drug-likeness (QED) is 0.661. The average Bonchev–Trinajstić information content (AvgIpc) is 2.59. The standard InChI is InChI=1S/C17H23N5O2S2/c1-17(2,23)14-20-15(18)22-16(21-14)19-10-5-6-24-11-7-9(25-3)8-12(26-4)13(10)11/h7-8,10,23H,5-6H2,1-4H3,(H3,18,19,20,21,22). The number of fused-ring (bicyclic) bond motifs is 1. The number of nitrogens with two attached hydrogens (primary N) is 1. The molecule has 1 aromatic carbocycles. The molecule has 0 aliphatic carbocycles. The molecule has 7 nitrogen and oxygen atoms in total. The van der Waals surface area contributed by atoms with Gasteiger partial charge in [-0.1, -0.05) is 0 Å². The predicted octanol–water partition coefficient (Wildman–Crippen LogP) is 3.06. The Labute approximate surface area is 161 Å². The molecule has 4 N–H and O–H groups in total. The van der Waals surface area contributed by atoms with Gasteiger partial charge in [0.15, 0.2) is 5.82 Å². The molecule has 0 bridgehead atoms. The molecule has 9 heteroatoms. The summed E-state index contributed by atoms with van der Waals surface area (Å²) in [6, 6.07) is 4.23. The second-order valence-corrected chi connectivity index (χ2v) is 8.20. The van der Waals surface area contributed by atoms with Gasteiger partial charge < -0.3 is 20.9 Å². The molecule has 1 unspecified atom stereocenters. The lowest BCUT2D eigenvalue weighted by atomic mass is 10.0. The van der Waals surface area contributed by atoms with Crippen LogP contribution in [0.25, 0.3) is 0 Å². The summed E-state index contributed by atoms with van der Waals surface area (Å²) in [7, 11) is 0. The van der Waals surface area contributed by atoms with Crippen molar-refractivity contribution in [3.63, 3.8) is 0 Å². The number of thioether (sulfide) groups is 2. The van der Waals surface area contributed by atoms with Gasteiger partial charge in [-0.2, -0.15) is 15.0 Å². The van der Waals surface area contributed by atoms with E-state index in [1.54, 1.807) is 37.4 Å². The number of aliphatic hydroxyl groups is 1. The number of nitrogen functional groups attached to an aromatic ring is 1. The number of ether oxygens (including phenoxy) is 1. The van der Waals surface area contributed by atoms with Crippen LogP contribution in [0.2, 0.25) is 0 Å². The maximum Gasteiger partial charge on any atom is 0.228 e. The predicted molar refractivity (Wildman–Crippen MR) is 106 cm³/mol. The highest BCUT2D eigenvalue weighted by molar-refractivity contribution is 7.99. The fourth-order valence-electron chi connectivity index (χ4n) is 2.79. The molecule has 2 heterocycles. The van der Waals surface area contributed by atoms with Crippen molar-refractivity contribution in [1.82, 2.24) is 15.0 Å². The summed E-state index contributed by atoms with van der Waals surface area (Å²) in [6.07, 6.45) is 4.89. The van der Waals surface area contributed by atoms with Crippen LogP contribution in [0, 0.1) is 0 Å². The summed E-state index contributed by atoms with van der Waals surface area (Å²) in [6.45, 7) is 3.84. The Morgan fingerprint density at radius 1 is 1.23 bits per heavy atom. The molecular formula is C17H23N5O2S2. The van der Waals surface area contributed by atoms with Gasteiger partial charge in [-0.3, -0.25) is 0 Å². The maximum absolute atomic E-state index is 10.2. The largest absolute Gasteiger partial charge is 0.493 e. The van der Waals surface area contributed by atoms with Crippen LogP contribution in [-0.4, -0.2) is 39.2 Å². The number of anilines is 2. The Morgan fingerprint density at radius 3 is 2.65 bits per heavy atom. The van der Waals surface area contributed by atoms with Crippen LogP contribution in [0.4, 0.5) is 11.9 Å². The van der Waals surface area contributed by atoms with Crippen LogP contribution in [0.15, 0.2) is 21.9 Å². The highest BCUT2D eigenvalue weighted by Gasteiger charge is 2.27. The minimum absolute atomic E-state index is 0.00596. The van der Waals surface area contributed by atoms with E-state index in [2.05, 4.69) is 44.9 Å². The Morgan fingerprint density at radius 2 is 2.00 bits per heavy atom. The summed E-state index contributed by atoms with van der Waals surface area (Å²) >= 11 is 3.38. The third-order valence-electron chi connectivity index (χ3n) is 4.05. The summed E-state index contributed by atoms with van der Waals surface area (Å²) in [4.78, 5) is 14.9. The smallest absolute Gasteiger partial charge is 0.228 e. The number of benzene rings is 1. The maximum atomic E-state index is 10.2. The van der Waals surface area contributed by atoms with Crippen LogP contribution in [0.1, 0.15) is 37.7 Å².